The molecule has 0 radical (unpaired) electrons. The van der Waals surface area contributed by atoms with Crippen molar-refractivity contribution in [1.29, 1.82) is 0 Å². The second-order valence-electron chi connectivity index (χ2n) is 5.32. The fourth-order valence-electron chi connectivity index (χ4n) is 2.86. The van der Waals surface area contributed by atoms with Gasteiger partial charge in [0.05, 0.1) is 18.6 Å². The molecule has 0 saturated carbocycles. The zero-order valence-corrected chi connectivity index (χ0v) is 11.3. The Bertz CT molecular complexity index is 584. The Kier molecular flexibility index (Phi) is 3.03. The zero-order chi connectivity index (χ0) is 13.4. The standard InChI is InChI=1S/C17H18O2/c1-11-7-12(2)9-13(8-11)17(18)15-10-19-16-6-4-3-5-14(15)16/h3-9,15,17-18H,10H2,1-2H3. The molecule has 2 heteroatoms. The normalized spacial score (nSPS) is 18.8. The van der Waals surface area contributed by atoms with Crippen LogP contribution < -0.4 is 4.74 Å². The van der Waals surface area contributed by atoms with Crippen molar-refractivity contribution in [3.63, 3.8) is 0 Å². The van der Waals surface area contributed by atoms with Crippen LogP contribution in [0.5, 0.6) is 5.75 Å². The number of hydrogen-bond acceptors (Lipinski definition) is 2. The van der Waals surface area contributed by atoms with Crippen LogP contribution in [0.4, 0.5) is 0 Å². The molecule has 0 aromatic heterocycles. The Morgan fingerprint density at radius 1 is 1.11 bits per heavy atom. The van der Waals surface area contributed by atoms with Gasteiger partial charge >= 0.3 is 0 Å². The third-order valence-electron chi connectivity index (χ3n) is 3.70. The molecule has 0 spiro atoms. The summed E-state index contributed by atoms with van der Waals surface area (Å²) in [5, 5.41) is 10.6. The Morgan fingerprint density at radius 3 is 2.53 bits per heavy atom. The molecule has 0 saturated heterocycles. The molecule has 19 heavy (non-hydrogen) atoms. The van der Waals surface area contributed by atoms with E-state index in [1.165, 1.54) is 11.1 Å². The summed E-state index contributed by atoms with van der Waals surface area (Å²) in [5.74, 6) is 0.924. The van der Waals surface area contributed by atoms with Crippen LogP contribution in [0.2, 0.25) is 0 Å². The molecule has 1 aliphatic heterocycles. The first-order valence-electron chi connectivity index (χ1n) is 6.63. The van der Waals surface area contributed by atoms with E-state index in [1.807, 2.05) is 24.3 Å². The molecule has 2 atom stereocenters. The van der Waals surface area contributed by atoms with Crippen molar-refractivity contribution < 1.29 is 9.84 Å². The molecule has 1 heterocycles. The highest BCUT2D eigenvalue weighted by Gasteiger charge is 2.31. The van der Waals surface area contributed by atoms with Crippen LogP contribution in [0.25, 0.3) is 0 Å². The van der Waals surface area contributed by atoms with Crippen LogP contribution in [-0.2, 0) is 0 Å². The van der Waals surface area contributed by atoms with Crippen molar-refractivity contribution in [3.05, 3.63) is 64.7 Å². The Hall–Kier alpha value is -1.80. The fraction of sp³-hybridized carbons (Fsp3) is 0.294. The fourth-order valence-corrected chi connectivity index (χ4v) is 2.86. The van der Waals surface area contributed by atoms with Gasteiger partial charge < -0.3 is 9.84 Å². The van der Waals surface area contributed by atoms with Gasteiger partial charge in [-0.25, -0.2) is 0 Å². The number of fused-ring (bicyclic) bond motifs is 1. The first-order chi connectivity index (χ1) is 9.15. The quantitative estimate of drug-likeness (QED) is 0.888. The van der Waals surface area contributed by atoms with Crippen LogP contribution in [0.1, 0.15) is 34.3 Å². The summed E-state index contributed by atoms with van der Waals surface area (Å²) in [5.41, 5.74) is 4.44. The van der Waals surface area contributed by atoms with Crippen molar-refractivity contribution in [2.45, 2.75) is 25.9 Å². The summed E-state index contributed by atoms with van der Waals surface area (Å²) in [4.78, 5) is 0. The van der Waals surface area contributed by atoms with Gasteiger partial charge in [-0.05, 0) is 25.5 Å². The van der Waals surface area contributed by atoms with E-state index in [0.29, 0.717) is 6.61 Å². The first-order valence-corrected chi connectivity index (χ1v) is 6.63. The first kappa shape index (κ1) is 12.2. The molecule has 0 aliphatic carbocycles. The highest BCUT2D eigenvalue weighted by atomic mass is 16.5. The maximum atomic E-state index is 10.6. The maximum Gasteiger partial charge on any atom is 0.123 e. The Labute approximate surface area is 113 Å². The monoisotopic (exact) mass is 254 g/mol. The average molecular weight is 254 g/mol. The van der Waals surface area contributed by atoms with Crippen molar-refractivity contribution in [3.8, 4) is 5.75 Å². The van der Waals surface area contributed by atoms with Gasteiger partial charge in [0.1, 0.15) is 5.75 Å². The van der Waals surface area contributed by atoms with E-state index in [9.17, 15) is 5.11 Å². The number of aliphatic hydroxyl groups is 1. The minimum atomic E-state index is -0.512. The van der Waals surface area contributed by atoms with Crippen LogP contribution in [0.15, 0.2) is 42.5 Å². The predicted octanol–water partition coefficient (Wildman–Crippen LogP) is 3.51. The van der Waals surface area contributed by atoms with Gasteiger partial charge in [-0.2, -0.15) is 0 Å². The molecule has 1 aliphatic rings. The summed E-state index contributed by atoms with van der Waals surface area (Å²) in [6.07, 6.45) is -0.512. The molecule has 3 rings (SSSR count). The minimum Gasteiger partial charge on any atom is -0.493 e. The van der Waals surface area contributed by atoms with Crippen LogP contribution in [0.3, 0.4) is 0 Å². The largest absolute Gasteiger partial charge is 0.493 e. The lowest BCUT2D eigenvalue weighted by Gasteiger charge is -2.18. The molecule has 0 fully saturated rings. The third kappa shape index (κ3) is 2.24. The van der Waals surface area contributed by atoms with E-state index in [4.69, 9.17) is 4.74 Å². The van der Waals surface area contributed by atoms with Crippen molar-refractivity contribution in [2.24, 2.45) is 0 Å². The van der Waals surface area contributed by atoms with E-state index in [0.717, 1.165) is 16.9 Å². The Balaban J connectivity index is 1.95. The van der Waals surface area contributed by atoms with E-state index in [2.05, 4.69) is 32.0 Å². The van der Waals surface area contributed by atoms with Gasteiger partial charge in [0, 0.05) is 5.56 Å². The van der Waals surface area contributed by atoms with Crippen molar-refractivity contribution in [1.82, 2.24) is 0 Å². The van der Waals surface area contributed by atoms with Gasteiger partial charge in [-0.15, -0.1) is 0 Å². The number of aryl methyl sites for hydroxylation is 2. The summed E-state index contributed by atoms with van der Waals surface area (Å²) in [7, 11) is 0. The second kappa shape index (κ2) is 4.71. The lowest BCUT2D eigenvalue weighted by atomic mass is 9.89. The number of benzene rings is 2. The van der Waals surface area contributed by atoms with Gasteiger partial charge in [-0.1, -0.05) is 47.5 Å². The van der Waals surface area contributed by atoms with Gasteiger partial charge in [0.25, 0.3) is 0 Å². The lowest BCUT2D eigenvalue weighted by Crippen LogP contribution is -2.12. The highest BCUT2D eigenvalue weighted by molar-refractivity contribution is 5.42. The molecule has 2 aromatic carbocycles. The molecule has 2 unspecified atom stereocenters. The van der Waals surface area contributed by atoms with E-state index >= 15 is 0 Å². The Morgan fingerprint density at radius 2 is 1.79 bits per heavy atom. The average Bonchev–Trinajstić information content (AvgIpc) is 2.80. The summed E-state index contributed by atoms with van der Waals surface area (Å²) >= 11 is 0. The molecule has 0 amide bonds. The minimum absolute atomic E-state index is 0.0254. The lowest BCUT2D eigenvalue weighted by molar-refractivity contribution is 0.130. The number of hydrogen-bond donors (Lipinski definition) is 1. The summed E-state index contributed by atoms with van der Waals surface area (Å²) in [6.45, 7) is 4.66. The molecule has 2 nitrogen and oxygen atoms in total. The van der Waals surface area contributed by atoms with E-state index in [-0.39, 0.29) is 5.92 Å². The van der Waals surface area contributed by atoms with E-state index in [1.54, 1.807) is 0 Å². The predicted molar refractivity (Wildman–Crippen MR) is 75.6 cm³/mol. The van der Waals surface area contributed by atoms with Crippen molar-refractivity contribution in [2.75, 3.05) is 6.61 Å². The van der Waals surface area contributed by atoms with Crippen LogP contribution >= 0.6 is 0 Å². The van der Waals surface area contributed by atoms with Crippen molar-refractivity contribution >= 4 is 0 Å². The second-order valence-corrected chi connectivity index (χ2v) is 5.32. The smallest absolute Gasteiger partial charge is 0.123 e. The molecular weight excluding hydrogens is 236 g/mol. The summed E-state index contributed by atoms with van der Waals surface area (Å²) < 4.78 is 5.65. The zero-order valence-electron chi connectivity index (χ0n) is 11.3. The maximum absolute atomic E-state index is 10.6. The molecule has 0 bridgehead atoms. The van der Waals surface area contributed by atoms with Gasteiger partial charge in [0.2, 0.25) is 0 Å². The van der Waals surface area contributed by atoms with Gasteiger partial charge in [-0.3, -0.25) is 0 Å². The molecular formula is C17H18O2. The summed E-state index contributed by atoms with van der Waals surface area (Å²) in [6, 6.07) is 14.2. The molecule has 98 valence electrons. The number of rotatable bonds is 2. The van der Waals surface area contributed by atoms with Gasteiger partial charge in [0.15, 0.2) is 0 Å². The van der Waals surface area contributed by atoms with Crippen LogP contribution in [0, 0.1) is 13.8 Å². The topological polar surface area (TPSA) is 29.5 Å². The number of para-hydroxylation sites is 1. The number of ether oxygens (including phenoxy) is 1. The highest BCUT2D eigenvalue weighted by Crippen LogP contribution is 2.41. The molecule has 1 N–H and O–H groups in total. The van der Waals surface area contributed by atoms with Crippen LogP contribution in [-0.4, -0.2) is 11.7 Å². The SMILES string of the molecule is Cc1cc(C)cc(C(O)C2COc3ccccc32)c1. The molecule has 2 aromatic rings. The third-order valence-corrected chi connectivity index (χ3v) is 3.70. The van der Waals surface area contributed by atoms with E-state index < -0.39 is 6.10 Å². The number of aliphatic hydroxyl groups excluding tert-OH is 1.